The summed E-state index contributed by atoms with van der Waals surface area (Å²) in [7, 11) is 0. The summed E-state index contributed by atoms with van der Waals surface area (Å²) in [4.78, 5) is 0. The molecule has 0 spiro atoms. The number of benzene rings is 1. The maximum atomic E-state index is 3.73. The third-order valence-electron chi connectivity index (χ3n) is 4.89. The summed E-state index contributed by atoms with van der Waals surface area (Å²) in [6.07, 6.45) is 3.44. The van der Waals surface area contributed by atoms with E-state index >= 15 is 0 Å². The van der Waals surface area contributed by atoms with Gasteiger partial charge >= 0.3 is 0 Å². The Morgan fingerprint density at radius 2 is 1.71 bits per heavy atom. The van der Waals surface area contributed by atoms with Crippen LogP contribution >= 0.6 is 0 Å². The lowest BCUT2D eigenvalue weighted by Crippen LogP contribution is -2.28. The predicted octanol–water partition coefficient (Wildman–Crippen LogP) is 5.53. The third kappa shape index (κ3) is 5.14. The smallest absolute Gasteiger partial charge is 0.0325 e. The maximum absolute atomic E-state index is 3.73. The number of aryl methyl sites for hydroxylation is 2. The zero-order valence-electron chi connectivity index (χ0n) is 15.2. The standard InChI is InChI=1S/C20H35N/c1-8-16-11-12-17(9-2)18(14-16)19(21-10-3)13-15(4)20(5,6)7/h11-12,14-15,19,21H,8-10,13H2,1-7H3. The SMILES string of the molecule is CCNC(CC(C)C(C)(C)C)c1cc(CC)ccc1CC. The normalized spacial score (nSPS) is 15.0. The molecule has 0 fully saturated rings. The molecule has 120 valence electrons. The van der Waals surface area contributed by atoms with Gasteiger partial charge in [0.25, 0.3) is 0 Å². The monoisotopic (exact) mass is 289 g/mol. The van der Waals surface area contributed by atoms with Crippen molar-refractivity contribution in [1.82, 2.24) is 5.32 Å². The van der Waals surface area contributed by atoms with Crippen molar-refractivity contribution in [3.05, 3.63) is 34.9 Å². The molecule has 2 atom stereocenters. The molecule has 0 aromatic heterocycles. The summed E-state index contributed by atoms with van der Waals surface area (Å²) in [6.45, 7) is 17.2. The summed E-state index contributed by atoms with van der Waals surface area (Å²) >= 11 is 0. The van der Waals surface area contributed by atoms with Crippen LogP contribution in [-0.2, 0) is 12.8 Å². The maximum Gasteiger partial charge on any atom is 0.0325 e. The van der Waals surface area contributed by atoms with Crippen LogP contribution in [-0.4, -0.2) is 6.54 Å². The van der Waals surface area contributed by atoms with Crippen LogP contribution in [0.4, 0.5) is 0 Å². The number of hydrogen-bond acceptors (Lipinski definition) is 1. The van der Waals surface area contributed by atoms with Crippen LogP contribution in [0.3, 0.4) is 0 Å². The van der Waals surface area contributed by atoms with Crippen molar-refractivity contribution in [2.24, 2.45) is 11.3 Å². The zero-order valence-corrected chi connectivity index (χ0v) is 15.2. The Hall–Kier alpha value is -0.820. The Balaban J connectivity index is 3.09. The van der Waals surface area contributed by atoms with Crippen molar-refractivity contribution in [2.75, 3.05) is 6.54 Å². The minimum absolute atomic E-state index is 0.364. The van der Waals surface area contributed by atoms with E-state index < -0.39 is 0 Å². The molecule has 0 radical (unpaired) electrons. The molecule has 0 aliphatic carbocycles. The topological polar surface area (TPSA) is 12.0 Å². The summed E-state index contributed by atoms with van der Waals surface area (Å²) in [5.74, 6) is 0.691. The van der Waals surface area contributed by atoms with Crippen LogP contribution in [0.5, 0.6) is 0 Å². The highest BCUT2D eigenvalue weighted by Gasteiger charge is 2.25. The van der Waals surface area contributed by atoms with Gasteiger partial charge in [0.1, 0.15) is 0 Å². The summed E-state index contributed by atoms with van der Waals surface area (Å²) in [5.41, 5.74) is 4.84. The summed E-state index contributed by atoms with van der Waals surface area (Å²) in [6, 6.07) is 7.53. The molecule has 0 saturated carbocycles. The van der Waals surface area contributed by atoms with Gasteiger partial charge in [0, 0.05) is 6.04 Å². The Labute approximate surface area is 132 Å². The van der Waals surface area contributed by atoms with Gasteiger partial charge in [-0.1, -0.05) is 66.7 Å². The molecule has 0 bridgehead atoms. The second-order valence-corrected chi connectivity index (χ2v) is 7.35. The van der Waals surface area contributed by atoms with Gasteiger partial charge in [0.15, 0.2) is 0 Å². The van der Waals surface area contributed by atoms with Crippen LogP contribution in [0.25, 0.3) is 0 Å². The molecular weight excluding hydrogens is 254 g/mol. The van der Waals surface area contributed by atoms with Crippen molar-refractivity contribution in [3.8, 4) is 0 Å². The van der Waals surface area contributed by atoms with E-state index in [0.29, 0.717) is 17.4 Å². The van der Waals surface area contributed by atoms with Crippen molar-refractivity contribution >= 4 is 0 Å². The average Bonchev–Trinajstić information content (AvgIpc) is 2.45. The molecular formula is C20H35N. The van der Waals surface area contributed by atoms with E-state index in [-0.39, 0.29) is 0 Å². The fraction of sp³-hybridized carbons (Fsp3) is 0.700. The van der Waals surface area contributed by atoms with Crippen LogP contribution in [0.15, 0.2) is 18.2 Å². The van der Waals surface area contributed by atoms with Gasteiger partial charge in [-0.2, -0.15) is 0 Å². The van der Waals surface area contributed by atoms with Crippen molar-refractivity contribution in [3.63, 3.8) is 0 Å². The third-order valence-corrected chi connectivity index (χ3v) is 4.89. The molecule has 0 amide bonds. The largest absolute Gasteiger partial charge is 0.310 e. The predicted molar refractivity (Wildman–Crippen MR) is 94.9 cm³/mol. The summed E-state index contributed by atoms with van der Waals surface area (Å²) in [5, 5.41) is 3.73. The average molecular weight is 290 g/mol. The van der Waals surface area contributed by atoms with E-state index in [1.54, 1.807) is 0 Å². The van der Waals surface area contributed by atoms with E-state index in [0.717, 1.165) is 19.4 Å². The van der Waals surface area contributed by atoms with Crippen LogP contribution < -0.4 is 5.32 Å². The fourth-order valence-corrected chi connectivity index (χ4v) is 2.78. The Morgan fingerprint density at radius 3 is 2.19 bits per heavy atom. The molecule has 1 aromatic carbocycles. The number of hydrogen-bond donors (Lipinski definition) is 1. The molecule has 1 N–H and O–H groups in total. The Bertz CT molecular complexity index is 428. The molecule has 0 aliphatic rings. The van der Waals surface area contributed by atoms with Crippen molar-refractivity contribution in [2.45, 2.75) is 73.8 Å². The lowest BCUT2D eigenvalue weighted by atomic mass is 9.77. The molecule has 21 heavy (non-hydrogen) atoms. The molecule has 0 heterocycles. The molecule has 1 nitrogen and oxygen atoms in total. The van der Waals surface area contributed by atoms with Crippen molar-refractivity contribution < 1.29 is 0 Å². The number of rotatable bonds is 7. The minimum Gasteiger partial charge on any atom is -0.310 e. The van der Waals surface area contributed by atoms with Gasteiger partial charge in [0.05, 0.1) is 0 Å². The van der Waals surface area contributed by atoms with Gasteiger partial charge in [-0.25, -0.2) is 0 Å². The molecule has 2 unspecified atom stereocenters. The van der Waals surface area contributed by atoms with E-state index in [2.05, 4.69) is 72.0 Å². The van der Waals surface area contributed by atoms with Crippen LogP contribution in [0, 0.1) is 11.3 Å². The van der Waals surface area contributed by atoms with Gasteiger partial charge in [-0.15, -0.1) is 0 Å². The zero-order chi connectivity index (χ0) is 16.0. The molecule has 1 heteroatoms. The Morgan fingerprint density at radius 1 is 1.05 bits per heavy atom. The fourth-order valence-electron chi connectivity index (χ4n) is 2.78. The highest BCUT2D eigenvalue weighted by atomic mass is 14.9. The van der Waals surface area contributed by atoms with Crippen LogP contribution in [0.2, 0.25) is 0 Å². The Kier molecular flexibility index (Phi) is 6.93. The highest BCUT2D eigenvalue weighted by Crippen LogP contribution is 2.34. The second kappa shape index (κ2) is 7.98. The minimum atomic E-state index is 0.364. The van der Waals surface area contributed by atoms with Gasteiger partial charge < -0.3 is 5.32 Å². The first kappa shape index (κ1) is 18.2. The molecule has 1 aromatic rings. The number of nitrogens with one attached hydrogen (secondary N) is 1. The van der Waals surface area contributed by atoms with Gasteiger partial charge in [0.2, 0.25) is 0 Å². The quantitative estimate of drug-likeness (QED) is 0.695. The second-order valence-electron chi connectivity index (χ2n) is 7.35. The van der Waals surface area contributed by atoms with E-state index in [4.69, 9.17) is 0 Å². The molecule has 1 rings (SSSR count). The van der Waals surface area contributed by atoms with Crippen LogP contribution in [0.1, 0.15) is 77.6 Å². The van der Waals surface area contributed by atoms with E-state index in [9.17, 15) is 0 Å². The summed E-state index contributed by atoms with van der Waals surface area (Å²) < 4.78 is 0. The first-order chi connectivity index (χ1) is 9.83. The first-order valence-electron chi connectivity index (χ1n) is 8.68. The first-order valence-corrected chi connectivity index (χ1v) is 8.68. The lowest BCUT2D eigenvalue weighted by molar-refractivity contribution is 0.223. The molecule has 0 saturated heterocycles. The van der Waals surface area contributed by atoms with E-state index in [1.165, 1.54) is 23.1 Å². The van der Waals surface area contributed by atoms with Gasteiger partial charge in [-0.05, 0) is 53.8 Å². The van der Waals surface area contributed by atoms with Crippen molar-refractivity contribution in [1.29, 1.82) is 0 Å². The van der Waals surface area contributed by atoms with Gasteiger partial charge in [-0.3, -0.25) is 0 Å². The molecule has 0 aliphatic heterocycles. The van der Waals surface area contributed by atoms with E-state index in [1.807, 2.05) is 0 Å². The highest BCUT2D eigenvalue weighted by molar-refractivity contribution is 5.34. The lowest BCUT2D eigenvalue weighted by Gasteiger charge is -2.32.